The molecule has 1 aliphatic heterocycles. The first-order valence-electron chi connectivity index (χ1n) is 7.08. The van der Waals surface area contributed by atoms with Crippen molar-refractivity contribution in [2.75, 3.05) is 4.90 Å². The maximum absolute atomic E-state index is 13.3. The zero-order valence-electron chi connectivity index (χ0n) is 12.0. The standard InChI is InChI=1S/C15H18BrFN2O2/c1-3-5-11-15(21)19(12(4-2)14(20)18-11)13-7-6-9(17)8-10(13)16/h6-8,11-12H,3-5H2,1-2H3,(H,18,20). The summed E-state index contributed by atoms with van der Waals surface area (Å²) in [6, 6.07) is 3.05. The molecule has 0 bridgehead atoms. The number of hydrogen-bond acceptors (Lipinski definition) is 2. The molecule has 1 aromatic rings. The van der Waals surface area contributed by atoms with Gasteiger partial charge >= 0.3 is 0 Å². The minimum atomic E-state index is -0.563. The minimum Gasteiger partial charge on any atom is -0.342 e. The Labute approximate surface area is 131 Å². The van der Waals surface area contributed by atoms with Crippen molar-refractivity contribution in [3.63, 3.8) is 0 Å². The van der Waals surface area contributed by atoms with E-state index in [1.807, 2.05) is 13.8 Å². The lowest BCUT2D eigenvalue weighted by molar-refractivity contribution is -0.134. The molecule has 0 radical (unpaired) electrons. The second-order valence-electron chi connectivity index (χ2n) is 5.08. The van der Waals surface area contributed by atoms with Crippen molar-refractivity contribution in [1.29, 1.82) is 0 Å². The van der Waals surface area contributed by atoms with Gasteiger partial charge in [-0.3, -0.25) is 14.5 Å². The molecule has 114 valence electrons. The predicted octanol–water partition coefficient (Wildman–Crippen LogP) is 3.00. The summed E-state index contributed by atoms with van der Waals surface area (Å²) in [5, 5.41) is 2.78. The monoisotopic (exact) mass is 356 g/mol. The molecule has 2 unspecified atom stereocenters. The number of amides is 2. The van der Waals surface area contributed by atoms with Crippen molar-refractivity contribution >= 4 is 33.4 Å². The van der Waals surface area contributed by atoms with Crippen LogP contribution in [-0.4, -0.2) is 23.9 Å². The van der Waals surface area contributed by atoms with E-state index in [0.717, 1.165) is 6.42 Å². The molecule has 21 heavy (non-hydrogen) atoms. The highest BCUT2D eigenvalue weighted by molar-refractivity contribution is 9.10. The van der Waals surface area contributed by atoms with Crippen LogP contribution in [-0.2, 0) is 9.59 Å². The number of nitrogens with zero attached hydrogens (tertiary/aromatic N) is 1. The fourth-order valence-corrected chi connectivity index (χ4v) is 3.13. The lowest BCUT2D eigenvalue weighted by Gasteiger charge is -2.39. The SMILES string of the molecule is CCCC1NC(=O)C(CC)N(c2ccc(F)cc2Br)C1=O. The van der Waals surface area contributed by atoms with E-state index in [-0.39, 0.29) is 11.8 Å². The van der Waals surface area contributed by atoms with E-state index in [9.17, 15) is 14.0 Å². The number of carbonyl (C=O) groups is 2. The summed E-state index contributed by atoms with van der Waals surface area (Å²) in [7, 11) is 0. The van der Waals surface area contributed by atoms with Crippen molar-refractivity contribution in [3.05, 3.63) is 28.5 Å². The van der Waals surface area contributed by atoms with Crippen molar-refractivity contribution in [3.8, 4) is 0 Å². The third kappa shape index (κ3) is 3.10. The molecule has 1 fully saturated rings. The normalized spacial score (nSPS) is 22.4. The van der Waals surface area contributed by atoms with E-state index in [4.69, 9.17) is 0 Å². The van der Waals surface area contributed by atoms with Gasteiger partial charge < -0.3 is 5.32 Å². The second-order valence-corrected chi connectivity index (χ2v) is 5.93. The summed E-state index contributed by atoms with van der Waals surface area (Å²) in [5.74, 6) is -0.694. The summed E-state index contributed by atoms with van der Waals surface area (Å²) in [5.41, 5.74) is 0.532. The van der Waals surface area contributed by atoms with Crippen molar-refractivity contribution in [1.82, 2.24) is 5.32 Å². The zero-order valence-corrected chi connectivity index (χ0v) is 13.6. The van der Waals surface area contributed by atoms with Crippen LogP contribution in [0.2, 0.25) is 0 Å². The predicted molar refractivity (Wildman–Crippen MR) is 82.5 cm³/mol. The van der Waals surface area contributed by atoms with Crippen LogP contribution in [0.4, 0.5) is 10.1 Å². The molecule has 1 aliphatic rings. The molecule has 6 heteroatoms. The van der Waals surface area contributed by atoms with Gasteiger partial charge in [-0.05, 0) is 47.0 Å². The minimum absolute atomic E-state index is 0.143. The average Bonchev–Trinajstić information content (AvgIpc) is 2.43. The van der Waals surface area contributed by atoms with Gasteiger partial charge in [-0.1, -0.05) is 20.3 Å². The number of halogens is 2. The van der Waals surface area contributed by atoms with E-state index < -0.39 is 17.9 Å². The Kier molecular flexibility index (Phi) is 4.98. The molecule has 4 nitrogen and oxygen atoms in total. The summed E-state index contributed by atoms with van der Waals surface area (Å²) in [4.78, 5) is 26.4. The zero-order chi connectivity index (χ0) is 15.6. The molecule has 1 saturated heterocycles. The van der Waals surface area contributed by atoms with E-state index in [1.165, 1.54) is 23.1 Å². The molecule has 1 N–H and O–H groups in total. The first-order chi connectivity index (χ1) is 9.99. The van der Waals surface area contributed by atoms with Crippen LogP contribution >= 0.6 is 15.9 Å². The van der Waals surface area contributed by atoms with E-state index in [1.54, 1.807) is 0 Å². The highest BCUT2D eigenvalue weighted by Gasteiger charge is 2.40. The molecule has 1 aromatic carbocycles. The van der Waals surface area contributed by atoms with Gasteiger partial charge in [0.05, 0.1) is 5.69 Å². The summed E-state index contributed by atoms with van der Waals surface area (Å²) >= 11 is 3.28. The molecule has 1 heterocycles. The van der Waals surface area contributed by atoms with Gasteiger partial charge in [0.15, 0.2) is 0 Å². The van der Waals surface area contributed by atoms with Gasteiger partial charge in [-0.2, -0.15) is 0 Å². The highest BCUT2D eigenvalue weighted by atomic mass is 79.9. The van der Waals surface area contributed by atoms with Crippen molar-refractivity contribution in [2.24, 2.45) is 0 Å². The third-order valence-corrected chi connectivity index (χ3v) is 4.23. The quantitative estimate of drug-likeness (QED) is 0.901. The lowest BCUT2D eigenvalue weighted by Crippen LogP contribution is -2.63. The van der Waals surface area contributed by atoms with Crippen LogP contribution in [0.25, 0.3) is 0 Å². The number of hydrogen-bond donors (Lipinski definition) is 1. The molecule has 0 aromatic heterocycles. The Balaban J connectivity index is 2.44. The average molecular weight is 357 g/mol. The molecule has 2 amide bonds. The molecule has 2 atom stereocenters. The van der Waals surface area contributed by atoms with Crippen LogP contribution in [0.3, 0.4) is 0 Å². The molecule has 0 spiro atoms. The highest BCUT2D eigenvalue weighted by Crippen LogP contribution is 2.31. The number of piperazine rings is 1. The van der Waals surface area contributed by atoms with Crippen LogP contribution in [0.1, 0.15) is 33.1 Å². The summed E-state index contributed by atoms with van der Waals surface area (Å²) < 4.78 is 13.7. The smallest absolute Gasteiger partial charge is 0.250 e. The lowest BCUT2D eigenvalue weighted by atomic mass is 10.0. The van der Waals surface area contributed by atoms with Crippen LogP contribution in [0.5, 0.6) is 0 Å². The maximum Gasteiger partial charge on any atom is 0.250 e. The third-order valence-electron chi connectivity index (χ3n) is 3.60. The first-order valence-corrected chi connectivity index (χ1v) is 7.87. The van der Waals surface area contributed by atoms with Crippen molar-refractivity contribution in [2.45, 2.75) is 45.2 Å². The Bertz CT molecular complexity index is 565. The van der Waals surface area contributed by atoms with E-state index in [2.05, 4.69) is 21.2 Å². The Morgan fingerprint density at radius 2 is 2.05 bits per heavy atom. The number of anilines is 1. The number of benzene rings is 1. The molecule has 0 aliphatic carbocycles. The number of nitrogens with one attached hydrogen (secondary N) is 1. The first kappa shape index (κ1) is 15.9. The number of carbonyl (C=O) groups excluding carboxylic acids is 2. The van der Waals surface area contributed by atoms with Crippen LogP contribution in [0.15, 0.2) is 22.7 Å². The van der Waals surface area contributed by atoms with Gasteiger partial charge in [0, 0.05) is 4.47 Å². The fraction of sp³-hybridized carbons (Fsp3) is 0.467. The Morgan fingerprint density at radius 1 is 1.33 bits per heavy atom. The van der Waals surface area contributed by atoms with Gasteiger partial charge in [-0.15, -0.1) is 0 Å². The molecule has 2 rings (SSSR count). The van der Waals surface area contributed by atoms with Gasteiger partial charge in [0.2, 0.25) is 11.8 Å². The molecular formula is C15H18BrFN2O2. The summed E-state index contributed by atoms with van der Waals surface area (Å²) in [6.07, 6.45) is 1.89. The Hall–Kier alpha value is -1.43. The fourth-order valence-electron chi connectivity index (χ4n) is 2.58. The largest absolute Gasteiger partial charge is 0.342 e. The van der Waals surface area contributed by atoms with E-state index >= 15 is 0 Å². The van der Waals surface area contributed by atoms with Crippen LogP contribution in [0, 0.1) is 5.82 Å². The van der Waals surface area contributed by atoms with Gasteiger partial charge in [-0.25, -0.2) is 4.39 Å². The topological polar surface area (TPSA) is 49.4 Å². The number of rotatable bonds is 4. The van der Waals surface area contributed by atoms with Crippen molar-refractivity contribution < 1.29 is 14.0 Å². The van der Waals surface area contributed by atoms with E-state index in [0.29, 0.717) is 23.0 Å². The van der Waals surface area contributed by atoms with Gasteiger partial charge in [0.1, 0.15) is 17.9 Å². The molecule has 0 saturated carbocycles. The summed E-state index contributed by atoms with van der Waals surface area (Å²) in [6.45, 7) is 3.81. The Morgan fingerprint density at radius 3 is 2.62 bits per heavy atom. The molecular weight excluding hydrogens is 339 g/mol. The maximum atomic E-state index is 13.3. The van der Waals surface area contributed by atoms with Crippen LogP contribution < -0.4 is 10.2 Å². The van der Waals surface area contributed by atoms with Gasteiger partial charge in [0.25, 0.3) is 0 Å². The second kappa shape index (κ2) is 6.56.